The van der Waals surface area contributed by atoms with Gasteiger partial charge in [0.1, 0.15) is 0 Å². The fourth-order valence-electron chi connectivity index (χ4n) is 2.73. The number of rotatable bonds is 7. The van der Waals surface area contributed by atoms with Gasteiger partial charge in [-0.05, 0) is 56.2 Å². The minimum absolute atomic E-state index is 0.0468. The molecule has 0 atom stereocenters. The van der Waals surface area contributed by atoms with E-state index in [1.54, 1.807) is 11.8 Å². The standard InChI is InChI=1S/C18H24ClNO3S/c1-2-23-18(22)14-9-11-20(12-10-14)17(21)4-3-13-24-16-7-5-15(19)6-8-16/h5-8,14H,2-4,9-13H2,1H3. The second kappa shape index (κ2) is 9.94. The summed E-state index contributed by atoms with van der Waals surface area (Å²) in [6, 6.07) is 7.75. The average Bonchev–Trinajstić information content (AvgIpc) is 2.60. The van der Waals surface area contributed by atoms with Gasteiger partial charge in [0.05, 0.1) is 12.5 Å². The molecule has 0 spiro atoms. The van der Waals surface area contributed by atoms with Crippen LogP contribution in [-0.2, 0) is 14.3 Å². The van der Waals surface area contributed by atoms with Gasteiger partial charge in [-0.2, -0.15) is 0 Å². The fraction of sp³-hybridized carbons (Fsp3) is 0.556. The average molecular weight is 370 g/mol. The van der Waals surface area contributed by atoms with Crippen molar-refractivity contribution in [1.82, 2.24) is 4.90 Å². The summed E-state index contributed by atoms with van der Waals surface area (Å²) in [7, 11) is 0. The highest BCUT2D eigenvalue weighted by molar-refractivity contribution is 7.99. The summed E-state index contributed by atoms with van der Waals surface area (Å²) in [6.07, 6.45) is 2.84. The van der Waals surface area contributed by atoms with Crippen LogP contribution in [0.25, 0.3) is 0 Å². The van der Waals surface area contributed by atoms with E-state index >= 15 is 0 Å². The van der Waals surface area contributed by atoms with Gasteiger partial charge in [-0.15, -0.1) is 11.8 Å². The van der Waals surface area contributed by atoms with E-state index in [0.717, 1.165) is 17.2 Å². The van der Waals surface area contributed by atoms with Gasteiger partial charge in [0.15, 0.2) is 0 Å². The van der Waals surface area contributed by atoms with Gasteiger partial charge >= 0.3 is 5.97 Å². The lowest BCUT2D eigenvalue weighted by molar-refractivity contribution is -0.151. The van der Waals surface area contributed by atoms with Crippen molar-refractivity contribution in [2.24, 2.45) is 5.92 Å². The highest BCUT2D eigenvalue weighted by Gasteiger charge is 2.27. The Kier molecular flexibility index (Phi) is 7.92. The molecule has 132 valence electrons. The SMILES string of the molecule is CCOC(=O)C1CCN(C(=O)CCCSc2ccc(Cl)cc2)CC1. The highest BCUT2D eigenvalue weighted by atomic mass is 35.5. The number of piperidine rings is 1. The number of hydrogen-bond donors (Lipinski definition) is 0. The first-order valence-corrected chi connectivity index (χ1v) is 9.79. The van der Waals surface area contributed by atoms with Crippen molar-refractivity contribution in [3.05, 3.63) is 29.3 Å². The summed E-state index contributed by atoms with van der Waals surface area (Å²) in [5, 5.41) is 0.737. The van der Waals surface area contributed by atoms with Crippen molar-refractivity contribution in [1.29, 1.82) is 0 Å². The van der Waals surface area contributed by atoms with Crippen LogP contribution in [0.5, 0.6) is 0 Å². The van der Waals surface area contributed by atoms with Crippen molar-refractivity contribution in [3.63, 3.8) is 0 Å². The van der Waals surface area contributed by atoms with Crippen molar-refractivity contribution in [2.45, 2.75) is 37.5 Å². The number of likely N-dealkylation sites (tertiary alicyclic amines) is 1. The van der Waals surface area contributed by atoms with Gasteiger partial charge in [0, 0.05) is 29.4 Å². The quantitative estimate of drug-likeness (QED) is 0.414. The van der Waals surface area contributed by atoms with Crippen LogP contribution in [0.4, 0.5) is 0 Å². The number of carbonyl (C=O) groups is 2. The fourth-order valence-corrected chi connectivity index (χ4v) is 3.71. The predicted octanol–water partition coefficient (Wildman–Crippen LogP) is 4.01. The summed E-state index contributed by atoms with van der Waals surface area (Å²) in [5.41, 5.74) is 0. The van der Waals surface area contributed by atoms with Crippen molar-refractivity contribution in [3.8, 4) is 0 Å². The predicted molar refractivity (Wildman–Crippen MR) is 97.3 cm³/mol. The molecule has 24 heavy (non-hydrogen) atoms. The van der Waals surface area contributed by atoms with Crippen LogP contribution in [0.1, 0.15) is 32.6 Å². The van der Waals surface area contributed by atoms with E-state index in [1.807, 2.05) is 36.1 Å². The van der Waals surface area contributed by atoms with E-state index in [9.17, 15) is 9.59 Å². The number of amides is 1. The van der Waals surface area contributed by atoms with Crippen molar-refractivity contribution in [2.75, 3.05) is 25.4 Å². The van der Waals surface area contributed by atoms with Crippen LogP contribution >= 0.6 is 23.4 Å². The Morgan fingerprint density at radius 1 is 1.25 bits per heavy atom. The molecule has 6 heteroatoms. The Hall–Kier alpha value is -1.20. The molecule has 1 fully saturated rings. The number of esters is 1. The zero-order valence-electron chi connectivity index (χ0n) is 14.0. The van der Waals surface area contributed by atoms with Crippen LogP contribution < -0.4 is 0 Å². The molecule has 1 amide bonds. The first-order valence-electron chi connectivity index (χ1n) is 8.43. The number of hydrogen-bond acceptors (Lipinski definition) is 4. The normalized spacial score (nSPS) is 15.3. The topological polar surface area (TPSA) is 46.6 Å². The zero-order valence-corrected chi connectivity index (χ0v) is 15.6. The molecule has 0 saturated carbocycles. The molecule has 1 aliphatic heterocycles. The van der Waals surface area contributed by atoms with Crippen LogP contribution in [0.2, 0.25) is 5.02 Å². The molecule has 0 aromatic heterocycles. The van der Waals surface area contributed by atoms with Gasteiger partial charge in [-0.1, -0.05) is 11.6 Å². The van der Waals surface area contributed by atoms with Gasteiger partial charge in [0.2, 0.25) is 5.91 Å². The highest BCUT2D eigenvalue weighted by Crippen LogP contribution is 2.23. The molecule has 0 aliphatic carbocycles. The Morgan fingerprint density at radius 2 is 1.92 bits per heavy atom. The van der Waals surface area contributed by atoms with E-state index in [1.165, 1.54) is 4.90 Å². The molecular formula is C18H24ClNO3S. The van der Waals surface area contributed by atoms with Gasteiger partial charge in [0.25, 0.3) is 0 Å². The van der Waals surface area contributed by atoms with Crippen LogP contribution in [-0.4, -0.2) is 42.2 Å². The van der Waals surface area contributed by atoms with E-state index in [4.69, 9.17) is 16.3 Å². The monoisotopic (exact) mass is 369 g/mol. The van der Waals surface area contributed by atoms with Crippen molar-refractivity contribution >= 4 is 35.2 Å². The lowest BCUT2D eigenvalue weighted by Crippen LogP contribution is -2.40. The van der Waals surface area contributed by atoms with Gasteiger partial charge in [-0.3, -0.25) is 9.59 Å². The summed E-state index contributed by atoms with van der Waals surface area (Å²) >= 11 is 7.60. The Morgan fingerprint density at radius 3 is 2.54 bits per heavy atom. The molecule has 0 bridgehead atoms. The Labute approximate surface area is 152 Å². The molecule has 1 heterocycles. The number of halogens is 1. The molecular weight excluding hydrogens is 346 g/mol. The van der Waals surface area contributed by atoms with Crippen LogP contribution in [0.15, 0.2) is 29.2 Å². The minimum Gasteiger partial charge on any atom is -0.466 e. The Bertz CT molecular complexity index is 542. The van der Waals surface area contributed by atoms with Crippen LogP contribution in [0.3, 0.4) is 0 Å². The minimum atomic E-state index is -0.121. The second-order valence-corrected chi connectivity index (χ2v) is 7.42. The van der Waals surface area contributed by atoms with E-state index < -0.39 is 0 Å². The number of ether oxygens (including phenoxy) is 1. The molecule has 4 nitrogen and oxygen atoms in total. The molecule has 1 aromatic rings. The first kappa shape index (κ1) is 19.1. The molecule has 0 N–H and O–H groups in total. The summed E-state index contributed by atoms with van der Waals surface area (Å²) < 4.78 is 5.05. The molecule has 2 rings (SSSR count). The number of thioether (sulfide) groups is 1. The van der Waals surface area contributed by atoms with E-state index in [2.05, 4.69) is 0 Å². The summed E-state index contributed by atoms with van der Waals surface area (Å²) in [6.45, 7) is 3.56. The lowest BCUT2D eigenvalue weighted by atomic mass is 9.97. The molecule has 1 saturated heterocycles. The molecule has 1 aromatic carbocycles. The van der Waals surface area contributed by atoms with Gasteiger partial charge in [-0.25, -0.2) is 0 Å². The number of carbonyl (C=O) groups excluding carboxylic acids is 2. The lowest BCUT2D eigenvalue weighted by Gasteiger charge is -2.31. The maximum Gasteiger partial charge on any atom is 0.309 e. The molecule has 0 unspecified atom stereocenters. The van der Waals surface area contributed by atoms with E-state index in [0.29, 0.717) is 39.0 Å². The number of nitrogens with zero attached hydrogens (tertiary/aromatic N) is 1. The third kappa shape index (κ3) is 6.02. The first-order chi connectivity index (χ1) is 11.6. The molecule has 1 aliphatic rings. The third-order valence-electron chi connectivity index (χ3n) is 4.08. The summed E-state index contributed by atoms with van der Waals surface area (Å²) in [5.74, 6) is 0.930. The Balaban J connectivity index is 1.63. The van der Waals surface area contributed by atoms with Crippen LogP contribution in [0, 0.1) is 5.92 Å². The number of benzene rings is 1. The zero-order chi connectivity index (χ0) is 17.4. The third-order valence-corrected chi connectivity index (χ3v) is 5.44. The second-order valence-electron chi connectivity index (χ2n) is 5.81. The van der Waals surface area contributed by atoms with E-state index in [-0.39, 0.29) is 17.8 Å². The summed E-state index contributed by atoms with van der Waals surface area (Å²) in [4.78, 5) is 27.0. The maximum absolute atomic E-state index is 12.2. The smallest absolute Gasteiger partial charge is 0.309 e. The molecule has 0 radical (unpaired) electrons. The maximum atomic E-state index is 12.2. The largest absolute Gasteiger partial charge is 0.466 e. The van der Waals surface area contributed by atoms with Gasteiger partial charge < -0.3 is 9.64 Å². The van der Waals surface area contributed by atoms with Crippen molar-refractivity contribution < 1.29 is 14.3 Å².